The summed E-state index contributed by atoms with van der Waals surface area (Å²) in [5.41, 5.74) is 1.85. The second-order valence-electron chi connectivity index (χ2n) is 3.92. The second-order valence-corrected chi connectivity index (χ2v) is 3.92. The number of hydrazine groups is 1. The SMILES string of the molecule is CNc1nc(NN2CCOCC2)cc(C(F)(F)F)n1. The molecule has 106 valence electrons. The number of ether oxygens (including phenoxy) is 1. The first-order valence-corrected chi connectivity index (χ1v) is 5.72. The van der Waals surface area contributed by atoms with Crippen molar-refractivity contribution in [2.45, 2.75) is 6.18 Å². The predicted octanol–water partition coefficient (Wildman–Crippen LogP) is 1.20. The Kier molecular flexibility index (Phi) is 4.05. The number of nitrogens with zero attached hydrogens (tertiary/aromatic N) is 3. The summed E-state index contributed by atoms with van der Waals surface area (Å²) >= 11 is 0. The van der Waals surface area contributed by atoms with Gasteiger partial charge in [-0.25, -0.2) is 9.99 Å². The molecule has 0 radical (unpaired) electrons. The minimum atomic E-state index is -4.50. The van der Waals surface area contributed by atoms with Gasteiger partial charge in [-0.1, -0.05) is 0 Å². The van der Waals surface area contributed by atoms with Gasteiger partial charge in [0, 0.05) is 26.2 Å². The van der Waals surface area contributed by atoms with Gasteiger partial charge in [-0.2, -0.15) is 18.2 Å². The first-order chi connectivity index (χ1) is 8.99. The van der Waals surface area contributed by atoms with E-state index in [2.05, 4.69) is 20.7 Å². The number of aromatic nitrogens is 2. The van der Waals surface area contributed by atoms with Crippen molar-refractivity contribution in [3.05, 3.63) is 11.8 Å². The van der Waals surface area contributed by atoms with Crippen LogP contribution in [0, 0.1) is 0 Å². The summed E-state index contributed by atoms with van der Waals surface area (Å²) in [5, 5.41) is 4.27. The zero-order chi connectivity index (χ0) is 13.9. The third-order valence-electron chi connectivity index (χ3n) is 2.52. The van der Waals surface area contributed by atoms with E-state index in [1.165, 1.54) is 7.05 Å². The van der Waals surface area contributed by atoms with Crippen LogP contribution in [0.3, 0.4) is 0 Å². The highest BCUT2D eigenvalue weighted by atomic mass is 19.4. The van der Waals surface area contributed by atoms with Crippen LogP contribution in [-0.4, -0.2) is 48.3 Å². The average molecular weight is 277 g/mol. The van der Waals surface area contributed by atoms with Crippen LogP contribution in [0.1, 0.15) is 5.69 Å². The molecule has 1 fully saturated rings. The minimum Gasteiger partial charge on any atom is -0.379 e. The summed E-state index contributed by atoms with van der Waals surface area (Å²) in [4.78, 5) is 7.33. The van der Waals surface area contributed by atoms with Crippen LogP contribution in [0.2, 0.25) is 0 Å². The Bertz CT molecular complexity index is 434. The Morgan fingerprint density at radius 3 is 2.53 bits per heavy atom. The number of morpholine rings is 1. The number of nitrogens with one attached hydrogen (secondary N) is 2. The maximum Gasteiger partial charge on any atom is 0.433 e. The van der Waals surface area contributed by atoms with E-state index in [9.17, 15) is 13.2 Å². The normalized spacial score (nSPS) is 17.3. The van der Waals surface area contributed by atoms with Gasteiger partial charge >= 0.3 is 6.18 Å². The lowest BCUT2D eigenvalue weighted by atomic mass is 10.4. The number of hydrogen-bond donors (Lipinski definition) is 2. The van der Waals surface area contributed by atoms with Crippen molar-refractivity contribution < 1.29 is 17.9 Å². The largest absolute Gasteiger partial charge is 0.433 e. The van der Waals surface area contributed by atoms with Crippen molar-refractivity contribution in [1.29, 1.82) is 0 Å². The van der Waals surface area contributed by atoms with Gasteiger partial charge in [0.1, 0.15) is 5.82 Å². The molecule has 0 amide bonds. The van der Waals surface area contributed by atoms with Crippen LogP contribution >= 0.6 is 0 Å². The number of halogens is 3. The Hall–Kier alpha value is -1.61. The molecule has 0 aromatic carbocycles. The molecule has 0 atom stereocenters. The molecule has 1 aliphatic rings. The predicted molar refractivity (Wildman–Crippen MR) is 62.6 cm³/mol. The van der Waals surface area contributed by atoms with Crippen molar-refractivity contribution in [2.75, 3.05) is 44.1 Å². The first-order valence-electron chi connectivity index (χ1n) is 5.72. The molecule has 1 aliphatic heterocycles. The van der Waals surface area contributed by atoms with Crippen molar-refractivity contribution in [1.82, 2.24) is 15.0 Å². The molecular formula is C10H14F3N5O. The number of alkyl halides is 3. The molecule has 0 bridgehead atoms. The fourth-order valence-electron chi connectivity index (χ4n) is 1.60. The van der Waals surface area contributed by atoms with Gasteiger partial charge in [-0.15, -0.1) is 0 Å². The van der Waals surface area contributed by atoms with E-state index in [1.807, 2.05) is 0 Å². The van der Waals surface area contributed by atoms with E-state index in [0.717, 1.165) is 6.07 Å². The van der Waals surface area contributed by atoms with Crippen LogP contribution < -0.4 is 10.7 Å². The fraction of sp³-hybridized carbons (Fsp3) is 0.600. The molecule has 6 nitrogen and oxygen atoms in total. The lowest BCUT2D eigenvalue weighted by molar-refractivity contribution is -0.141. The van der Waals surface area contributed by atoms with E-state index in [4.69, 9.17) is 4.74 Å². The highest BCUT2D eigenvalue weighted by Gasteiger charge is 2.33. The van der Waals surface area contributed by atoms with E-state index >= 15 is 0 Å². The Labute approximate surface area is 107 Å². The van der Waals surface area contributed by atoms with Crippen LogP contribution in [0.4, 0.5) is 24.9 Å². The smallest absolute Gasteiger partial charge is 0.379 e. The Morgan fingerprint density at radius 2 is 1.95 bits per heavy atom. The summed E-state index contributed by atoms with van der Waals surface area (Å²) in [6.07, 6.45) is -4.50. The molecule has 1 aromatic rings. The zero-order valence-electron chi connectivity index (χ0n) is 10.3. The van der Waals surface area contributed by atoms with Crippen LogP contribution in [0.5, 0.6) is 0 Å². The maximum atomic E-state index is 12.7. The van der Waals surface area contributed by atoms with E-state index < -0.39 is 11.9 Å². The van der Waals surface area contributed by atoms with Gasteiger partial charge in [-0.3, -0.25) is 0 Å². The minimum absolute atomic E-state index is 0.0782. The van der Waals surface area contributed by atoms with E-state index in [1.54, 1.807) is 5.01 Å². The van der Waals surface area contributed by atoms with Gasteiger partial charge in [-0.05, 0) is 0 Å². The quantitative estimate of drug-likeness (QED) is 0.865. The topological polar surface area (TPSA) is 62.3 Å². The monoisotopic (exact) mass is 277 g/mol. The second kappa shape index (κ2) is 5.57. The molecule has 0 aliphatic carbocycles. The van der Waals surface area contributed by atoms with Crippen molar-refractivity contribution in [3.63, 3.8) is 0 Å². The van der Waals surface area contributed by atoms with E-state index in [0.29, 0.717) is 26.3 Å². The van der Waals surface area contributed by atoms with Crippen LogP contribution in [-0.2, 0) is 10.9 Å². The fourth-order valence-corrected chi connectivity index (χ4v) is 1.60. The number of rotatable bonds is 3. The van der Waals surface area contributed by atoms with Gasteiger partial charge < -0.3 is 15.5 Å². The van der Waals surface area contributed by atoms with E-state index in [-0.39, 0.29) is 11.8 Å². The van der Waals surface area contributed by atoms with Crippen LogP contribution in [0.15, 0.2) is 6.07 Å². The van der Waals surface area contributed by atoms with Gasteiger partial charge in [0.15, 0.2) is 5.69 Å². The molecule has 0 saturated carbocycles. The maximum absolute atomic E-state index is 12.7. The molecule has 19 heavy (non-hydrogen) atoms. The van der Waals surface area contributed by atoms with Crippen molar-refractivity contribution >= 4 is 11.8 Å². The highest BCUT2D eigenvalue weighted by Crippen LogP contribution is 2.29. The molecular weight excluding hydrogens is 263 g/mol. The number of hydrogen-bond acceptors (Lipinski definition) is 6. The Morgan fingerprint density at radius 1 is 1.26 bits per heavy atom. The molecule has 0 spiro atoms. The first kappa shape index (κ1) is 13.8. The molecule has 2 heterocycles. The standard InChI is InChI=1S/C10H14F3N5O/c1-14-9-15-7(10(11,12)13)6-8(16-9)17-18-2-4-19-5-3-18/h6H,2-5H2,1H3,(H2,14,15,16,17). The highest BCUT2D eigenvalue weighted by molar-refractivity contribution is 5.42. The van der Waals surface area contributed by atoms with Crippen LogP contribution in [0.25, 0.3) is 0 Å². The molecule has 1 saturated heterocycles. The average Bonchev–Trinajstić information content (AvgIpc) is 2.38. The summed E-state index contributed by atoms with van der Waals surface area (Å²) < 4.78 is 43.2. The third-order valence-corrected chi connectivity index (χ3v) is 2.52. The lowest BCUT2D eigenvalue weighted by Crippen LogP contribution is -2.40. The van der Waals surface area contributed by atoms with Crippen molar-refractivity contribution in [3.8, 4) is 0 Å². The van der Waals surface area contributed by atoms with Gasteiger partial charge in [0.25, 0.3) is 0 Å². The number of anilines is 2. The van der Waals surface area contributed by atoms with Gasteiger partial charge in [0.05, 0.1) is 13.2 Å². The molecule has 0 unspecified atom stereocenters. The summed E-state index contributed by atoms with van der Waals surface area (Å²) in [6.45, 7) is 2.23. The molecule has 2 rings (SSSR count). The molecule has 1 aromatic heterocycles. The lowest BCUT2D eigenvalue weighted by Gasteiger charge is -2.27. The molecule has 9 heteroatoms. The third kappa shape index (κ3) is 3.67. The summed E-state index contributed by atoms with van der Waals surface area (Å²) in [7, 11) is 1.47. The Balaban J connectivity index is 2.19. The zero-order valence-corrected chi connectivity index (χ0v) is 10.3. The summed E-state index contributed by atoms with van der Waals surface area (Å²) in [6, 6.07) is 0.885. The van der Waals surface area contributed by atoms with Crippen molar-refractivity contribution in [2.24, 2.45) is 0 Å². The molecule has 2 N–H and O–H groups in total. The van der Waals surface area contributed by atoms with Gasteiger partial charge in [0.2, 0.25) is 5.95 Å². The summed E-state index contributed by atoms with van der Waals surface area (Å²) in [5.74, 6) is 0.0270.